The highest BCUT2D eigenvalue weighted by Crippen LogP contribution is 2.16. The van der Waals surface area contributed by atoms with Gasteiger partial charge in [-0.2, -0.15) is 0 Å². The molecule has 12 heavy (non-hydrogen) atoms. The van der Waals surface area contributed by atoms with Crippen LogP contribution >= 0.6 is 27.7 Å². The van der Waals surface area contributed by atoms with Crippen molar-refractivity contribution >= 4 is 32.7 Å². The molecule has 0 aliphatic carbocycles. The summed E-state index contributed by atoms with van der Waals surface area (Å²) in [6, 6.07) is 8.15. The summed E-state index contributed by atoms with van der Waals surface area (Å²) in [5, 5.41) is 1.07. The molecule has 64 valence electrons. The van der Waals surface area contributed by atoms with Gasteiger partial charge in [-0.05, 0) is 18.4 Å². The molecule has 0 bridgehead atoms. The minimum Gasteiger partial charge on any atom is -0.281 e. The van der Waals surface area contributed by atoms with Crippen molar-refractivity contribution in [3.05, 3.63) is 34.3 Å². The van der Waals surface area contributed by atoms with Crippen LogP contribution in [0.3, 0.4) is 0 Å². The average Bonchev–Trinajstić information content (AvgIpc) is 2.07. The molecule has 1 nitrogen and oxygen atoms in total. The van der Waals surface area contributed by atoms with E-state index >= 15 is 0 Å². The SMILES string of the molecule is CN=C(SC)c1cccc(Br)c1. The van der Waals surface area contributed by atoms with Crippen molar-refractivity contribution < 1.29 is 0 Å². The van der Waals surface area contributed by atoms with E-state index in [2.05, 4.69) is 33.1 Å². The van der Waals surface area contributed by atoms with Gasteiger partial charge in [0.15, 0.2) is 0 Å². The highest BCUT2D eigenvalue weighted by molar-refractivity contribution is 9.10. The molecule has 0 amide bonds. The van der Waals surface area contributed by atoms with Crippen LogP contribution in [-0.4, -0.2) is 18.3 Å². The van der Waals surface area contributed by atoms with Gasteiger partial charge in [0.1, 0.15) is 0 Å². The lowest BCUT2D eigenvalue weighted by Gasteiger charge is -2.01. The number of rotatable bonds is 1. The van der Waals surface area contributed by atoms with E-state index < -0.39 is 0 Å². The number of nitrogens with zero attached hydrogens (tertiary/aromatic N) is 1. The Balaban J connectivity index is 3.02. The highest BCUT2D eigenvalue weighted by Gasteiger charge is 1.99. The van der Waals surface area contributed by atoms with E-state index in [0.29, 0.717) is 0 Å². The largest absolute Gasteiger partial charge is 0.281 e. The fourth-order valence-corrected chi connectivity index (χ4v) is 1.90. The number of hydrogen-bond acceptors (Lipinski definition) is 2. The number of benzene rings is 1. The molecule has 0 aliphatic rings. The normalized spacial score (nSPS) is 11.8. The van der Waals surface area contributed by atoms with Gasteiger partial charge in [0.25, 0.3) is 0 Å². The molecule has 0 N–H and O–H groups in total. The molecule has 1 aromatic carbocycles. The smallest absolute Gasteiger partial charge is 0.0971 e. The summed E-state index contributed by atoms with van der Waals surface area (Å²) in [6.07, 6.45) is 2.03. The Morgan fingerprint density at radius 2 is 2.25 bits per heavy atom. The second kappa shape index (κ2) is 4.67. The van der Waals surface area contributed by atoms with Gasteiger partial charge in [-0.25, -0.2) is 0 Å². The van der Waals surface area contributed by atoms with Gasteiger partial charge in [-0.1, -0.05) is 28.1 Å². The predicted molar refractivity (Wildman–Crippen MR) is 60.1 cm³/mol. The minimum absolute atomic E-state index is 1.07. The van der Waals surface area contributed by atoms with Gasteiger partial charge < -0.3 is 0 Å². The lowest BCUT2D eigenvalue weighted by Crippen LogP contribution is -1.93. The van der Waals surface area contributed by atoms with Gasteiger partial charge in [-0.3, -0.25) is 4.99 Å². The van der Waals surface area contributed by atoms with Crippen LogP contribution in [0.15, 0.2) is 33.7 Å². The quantitative estimate of drug-likeness (QED) is 0.546. The first-order valence-corrected chi connectivity index (χ1v) is 5.56. The second-order valence-corrected chi connectivity index (χ2v) is 3.95. The molecule has 0 spiro atoms. The molecule has 0 fully saturated rings. The molecule has 0 unspecified atom stereocenters. The van der Waals surface area contributed by atoms with Crippen LogP contribution in [0.4, 0.5) is 0 Å². The molecule has 0 aliphatic heterocycles. The van der Waals surface area contributed by atoms with E-state index in [4.69, 9.17) is 0 Å². The molecule has 1 aromatic rings. The van der Waals surface area contributed by atoms with E-state index in [1.807, 2.05) is 25.4 Å². The Bertz CT molecular complexity index is 296. The van der Waals surface area contributed by atoms with E-state index in [9.17, 15) is 0 Å². The Kier molecular flexibility index (Phi) is 3.82. The number of thioether (sulfide) groups is 1. The standard InChI is InChI=1S/C9H10BrNS/c1-11-9(12-2)7-4-3-5-8(10)6-7/h3-6H,1-2H3. The zero-order valence-electron chi connectivity index (χ0n) is 7.04. The molecule has 0 saturated carbocycles. The van der Waals surface area contributed by atoms with Gasteiger partial charge >= 0.3 is 0 Å². The first-order chi connectivity index (χ1) is 5.77. The molecule has 0 saturated heterocycles. The van der Waals surface area contributed by atoms with Crippen molar-refractivity contribution in [2.75, 3.05) is 13.3 Å². The highest BCUT2D eigenvalue weighted by atomic mass is 79.9. The third-order valence-electron chi connectivity index (χ3n) is 1.47. The molecule has 3 heteroatoms. The maximum absolute atomic E-state index is 4.18. The zero-order chi connectivity index (χ0) is 8.97. The number of hydrogen-bond donors (Lipinski definition) is 0. The van der Waals surface area contributed by atoms with Gasteiger partial charge in [-0.15, -0.1) is 11.8 Å². The monoisotopic (exact) mass is 243 g/mol. The number of halogens is 1. The second-order valence-electron chi connectivity index (χ2n) is 2.24. The van der Waals surface area contributed by atoms with E-state index in [1.165, 1.54) is 5.56 Å². The van der Waals surface area contributed by atoms with Crippen molar-refractivity contribution in [3.63, 3.8) is 0 Å². The minimum atomic E-state index is 1.07. The molecule has 0 heterocycles. The van der Waals surface area contributed by atoms with Crippen LogP contribution in [0.5, 0.6) is 0 Å². The van der Waals surface area contributed by atoms with Crippen molar-refractivity contribution in [2.24, 2.45) is 4.99 Å². The first-order valence-electron chi connectivity index (χ1n) is 3.54. The molecular weight excluding hydrogens is 234 g/mol. The molecule has 1 rings (SSSR count). The van der Waals surface area contributed by atoms with E-state index in [-0.39, 0.29) is 0 Å². The summed E-state index contributed by atoms with van der Waals surface area (Å²) in [5.74, 6) is 0. The van der Waals surface area contributed by atoms with Gasteiger partial charge in [0.2, 0.25) is 0 Å². The van der Waals surface area contributed by atoms with Gasteiger partial charge in [0, 0.05) is 17.1 Å². The fraction of sp³-hybridized carbons (Fsp3) is 0.222. The predicted octanol–water partition coefficient (Wildman–Crippen LogP) is 3.19. The maximum Gasteiger partial charge on any atom is 0.0971 e. The molecule has 0 radical (unpaired) electrons. The summed E-state index contributed by atoms with van der Waals surface area (Å²) in [7, 11) is 1.81. The summed E-state index contributed by atoms with van der Waals surface area (Å²) < 4.78 is 1.09. The third kappa shape index (κ3) is 2.35. The topological polar surface area (TPSA) is 12.4 Å². The number of aliphatic imine (C=N–C) groups is 1. The van der Waals surface area contributed by atoms with Crippen LogP contribution in [-0.2, 0) is 0 Å². The van der Waals surface area contributed by atoms with Crippen molar-refractivity contribution in [3.8, 4) is 0 Å². The third-order valence-corrected chi connectivity index (χ3v) is 2.77. The Hall–Kier alpha value is -0.280. The fourth-order valence-electron chi connectivity index (χ4n) is 0.960. The van der Waals surface area contributed by atoms with Crippen molar-refractivity contribution in [1.29, 1.82) is 0 Å². The van der Waals surface area contributed by atoms with E-state index in [0.717, 1.165) is 9.52 Å². The van der Waals surface area contributed by atoms with Gasteiger partial charge in [0.05, 0.1) is 5.04 Å². The van der Waals surface area contributed by atoms with Crippen LogP contribution in [0, 0.1) is 0 Å². The first kappa shape index (κ1) is 9.81. The van der Waals surface area contributed by atoms with Crippen LogP contribution in [0.1, 0.15) is 5.56 Å². The Morgan fingerprint density at radius 1 is 1.50 bits per heavy atom. The summed E-state index contributed by atoms with van der Waals surface area (Å²) >= 11 is 5.09. The Morgan fingerprint density at radius 3 is 2.75 bits per heavy atom. The van der Waals surface area contributed by atoms with Crippen LogP contribution in [0.2, 0.25) is 0 Å². The summed E-state index contributed by atoms with van der Waals surface area (Å²) in [5.41, 5.74) is 1.17. The lowest BCUT2D eigenvalue weighted by atomic mass is 10.2. The summed E-state index contributed by atoms with van der Waals surface area (Å²) in [4.78, 5) is 4.18. The maximum atomic E-state index is 4.18. The van der Waals surface area contributed by atoms with Crippen molar-refractivity contribution in [1.82, 2.24) is 0 Å². The Labute approximate surface area is 85.4 Å². The van der Waals surface area contributed by atoms with Crippen LogP contribution < -0.4 is 0 Å². The average molecular weight is 244 g/mol. The lowest BCUT2D eigenvalue weighted by molar-refractivity contribution is 1.45. The van der Waals surface area contributed by atoms with Crippen LogP contribution in [0.25, 0.3) is 0 Å². The van der Waals surface area contributed by atoms with Crippen molar-refractivity contribution in [2.45, 2.75) is 0 Å². The van der Waals surface area contributed by atoms with E-state index in [1.54, 1.807) is 11.8 Å². The molecular formula is C9H10BrNS. The molecule has 0 aromatic heterocycles. The summed E-state index contributed by atoms with van der Waals surface area (Å²) in [6.45, 7) is 0. The molecule has 0 atom stereocenters. The zero-order valence-corrected chi connectivity index (χ0v) is 9.45.